The lowest BCUT2D eigenvalue weighted by atomic mass is 10.1. The molecule has 0 aromatic heterocycles. The molecular weight excluding hydrogens is 302 g/mol. The smallest absolute Gasteiger partial charge is 0.335 e. The Bertz CT molecular complexity index is 503. The number of amides is 1. The van der Waals surface area contributed by atoms with Crippen LogP contribution >= 0.6 is 15.9 Å². The Balaban J connectivity index is 2.41. The first-order chi connectivity index (χ1) is 8.51. The van der Waals surface area contributed by atoms with Crippen molar-refractivity contribution >= 4 is 33.5 Å². The van der Waals surface area contributed by atoms with Gasteiger partial charge in [-0.15, -0.1) is 0 Å². The molecule has 1 aromatic rings. The maximum atomic E-state index is 11.8. The van der Waals surface area contributed by atoms with Crippen molar-refractivity contribution in [1.29, 1.82) is 0 Å². The number of ether oxygens (including phenoxy) is 1. The molecule has 1 amide bonds. The van der Waals surface area contributed by atoms with Crippen LogP contribution in [0.5, 0.6) is 5.75 Å². The predicted molar refractivity (Wildman–Crippen MR) is 69.6 cm³/mol. The maximum absolute atomic E-state index is 11.8. The Labute approximate surface area is 112 Å². The van der Waals surface area contributed by atoms with E-state index in [0.29, 0.717) is 24.4 Å². The van der Waals surface area contributed by atoms with E-state index in [2.05, 4.69) is 15.9 Å². The van der Waals surface area contributed by atoms with Gasteiger partial charge in [-0.1, -0.05) is 15.9 Å². The fourth-order valence-electron chi connectivity index (χ4n) is 1.89. The molecule has 18 heavy (non-hydrogen) atoms. The zero-order valence-corrected chi connectivity index (χ0v) is 11.3. The number of benzene rings is 1. The molecule has 5 nitrogen and oxygen atoms in total. The van der Waals surface area contributed by atoms with Gasteiger partial charge < -0.3 is 14.7 Å². The molecule has 0 radical (unpaired) electrons. The molecule has 1 N–H and O–H groups in total. The minimum absolute atomic E-state index is 0.0264. The van der Waals surface area contributed by atoms with E-state index >= 15 is 0 Å². The Kier molecular flexibility index (Phi) is 3.56. The highest BCUT2D eigenvalue weighted by molar-refractivity contribution is 9.09. The van der Waals surface area contributed by atoms with E-state index in [1.807, 2.05) is 0 Å². The van der Waals surface area contributed by atoms with Crippen LogP contribution in [0.15, 0.2) is 18.2 Å². The summed E-state index contributed by atoms with van der Waals surface area (Å²) >= 11 is 3.39. The third kappa shape index (κ3) is 2.48. The van der Waals surface area contributed by atoms with Crippen LogP contribution in [0.2, 0.25) is 0 Å². The summed E-state index contributed by atoms with van der Waals surface area (Å²) in [7, 11) is 1.46. The van der Waals surface area contributed by atoms with Crippen LogP contribution in [-0.4, -0.2) is 35.5 Å². The number of carbonyl (C=O) groups excluding carboxylic acids is 1. The normalized spacial score (nSPS) is 19.1. The fraction of sp³-hybridized carbons (Fsp3) is 0.333. The van der Waals surface area contributed by atoms with Crippen LogP contribution in [0.3, 0.4) is 0 Å². The number of alkyl halides is 1. The third-order valence-corrected chi connectivity index (χ3v) is 3.38. The van der Waals surface area contributed by atoms with Crippen molar-refractivity contribution in [1.82, 2.24) is 0 Å². The standard InChI is InChI=1S/C12H12BrNO4/c1-18-10-3-7(12(16)17)2-9(5-10)14-6-8(13)4-11(14)15/h2-3,5,8H,4,6H2,1H3,(H,16,17). The molecular formula is C12H12BrNO4. The van der Waals surface area contributed by atoms with Crippen molar-refractivity contribution in [3.05, 3.63) is 23.8 Å². The van der Waals surface area contributed by atoms with Crippen molar-refractivity contribution in [3.63, 3.8) is 0 Å². The molecule has 0 saturated carbocycles. The number of hydrogen-bond donors (Lipinski definition) is 1. The van der Waals surface area contributed by atoms with E-state index in [1.54, 1.807) is 11.0 Å². The van der Waals surface area contributed by atoms with Gasteiger partial charge in [0, 0.05) is 29.5 Å². The monoisotopic (exact) mass is 313 g/mol. The molecule has 1 fully saturated rings. The van der Waals surface area contributed by atoms with Crippen molar-refractivity contribution in [2.24, 2.45) is 0 Å². The molecule has 0 spiro atoms. The van der Waals surface area contributed by atoms with Gasteiger partial charge in [0.25, 0.3) is 0 Å². The van der Waals surface area contributed by atoms with Crippen LogP contribution in [0.25, 0.3) is 0 Å². The van der Waals surface area contributed by atoms with E-state index in [9.17, 15) is 9.59 Å². The second kappa shape index (κ2) is 4.97. The van der Waals surface area contributed by atoms with E-state index in [4.69, 9.17) is 9.84 Å². The van der Waals surface area contributed by atoms with Gasteiger partial charge in [0.05, 0.1) is 12.7 Å². The molecule has 96 valence electrons. The highest BCUT2D eigenvalue weighted by Gasteiger charge is 2.29. The summed E-state index contributed by atoms with van der Waals surface area (Å²) in [6.07, 6.45) is 0.416. The Morgan fingerprint density at radius 2 is 2.22 bits per heavy atom. The number of carboxylic acids is 1. The summed E-state index contributed by atoms with van der Waals surface area (Å²) in [5.74, 6) is -0.644. The Morgan fingerprint density at radius 1 is 1.50 bits per heavy atom. The highest BCUT2D eigenvalue weighted by Crippen LogP contribution is 2.29. The van der Waals surface area contributed by atoms with Crippen molar-refractivity contribution in [2.75, 3.05) is 18.6 Å². The number of halogens is 1. The van der Waals surface area contributed by atoms with Crippen LogP contribution in [0, 0.1) is 0 Å². The van der Waals surface area contributed by atoms with Crippen molar-refractivity contribution < 1.29 is 19.4 Å². The molecule has 1 aliphatic heterocycles. The number of nitrogens with zero attached hydrogens (tertiary/aromatic N) is 1. The quantitative estimate of drug-likeness (QED) is 0.865. The highest BCUT2D eigenvalue weighted by atomic mass is 79.9. The predicted octanol–water partition coefficient (Wildman–Crippen LogP) is 1.89. The third-order valence-electron chi connectivity index (χ3n) is 2.76. The van der Waals surface area contributed by atoms with E-state index in [-0.39, 0.29) is 16.3 Å². The van der Waals surface area contributed by atoms with E-state index < -0.39 is 5.97 Å². The molecule has 1 heterocycles. The van der Waals surface area contributed by atoms with Gasteiger partial charge in [-0.05, 0) is 12.1 Å². The SMILES string of the molecule is COc1cc(C(=O)O)cc(N2CC(Br)CC2=O)c1. The summed E-state index contributed by atoms with van der Waals surface area (Å²) < 4.78 is 5.05. The topological polar surface area (TPSA) is 66.8 Å². The van der Waals surface area contributed by atoms with Crippen LogP contribution in [0.1, 0.15) is 16.8 Å². The Hall–Kier alpha value is -1.56. The average Bonchev–Trinajstić information content (AvgIpc) is 2.67. The zero-order chi connectivity index (χ0) is 13.3. The number of rotatable bonds is 3. The summed E-state index contributed by atoms with van der Waals surface area (Å²) in [4.78, 5) is 24.5. The van der Waals surface area contributed by atoms with Crippen LogP contribution in [0.4, 0.5) is 5.69 Å². The fourth-order valence-corrected chi connectivity index (χ4v) is 2.46. The lowest BCUT2D eigenvalue weighted by Crippen LogP contribution is -2.24. The molecule has 1 aromatic carbocycles. The summed E-state index contributed by atoms with van der Waals surface area (Å²) in [5.41, 5.74) is 0.661. The number of methoxy groups -OCH3 is 1. The van der Waals surface area contributed by atoms with Gasteiger partial charge in [-0.2, -0.15) is 0 Å². The molecule has 1 aliphatic rings. The summed E-state index contributed by atoms with van der Waals surface area (Å²) in [6.45, 7) is 0.533. The lowest BCUT2D eigenvalue weighted by molar-refractivity contribution is -0.117. The zero-order valence-electron chi connectivity index (χ0n) is 9.72. The maximum Gasteiger partial charge on any atom is 0.335 e. The second-order valence-electron chi connectivity index (χ2n) is 4.03. The molecule has 0 bridgehead atoms. The van der Waals surface area contributed by atoms with Crippen molar-refractivity contribution in [3.8, 4) is 5.75 Å². The van der Waals surface area contributed by atoms with Gasteiger partial charge in [0.15, 0.2) is 0 Å². The summed E-state index contributed by atoms with van der Waals surface area (Å²) in [5, 5.41) is 9.02. The Morgan fingerprint density at radius 3 is 2.72 bits per heavy atom. The number of aromatic carboxylic acids is 1. The molecule has 2 rings (SSSR count). The van der Waals surface area contributed by atoms with Crippen molar-refractivity contribution in [2.45, 2.75) is 11.2 Å². The number of anilines is 1. The largest absolute Gasteiger partial charge is 0.497 e. The van der Waals surface area contributed by atoms with Crippen LogP contribution < -0.4 is 9.64 Å². The number of carboxylic acid groups (broad SMARTS) is 1. The molecule has 6 heteroatoms. The van der Waals surface area contributed by atoms with Gasteiger partial charge >= 0.3 is 5.97 Å². The number of hydrogen-bond acceptors (Lipinski definition) is 3. The van der Waals surface area contributed by atoms with Crippen LogP contribution in [-0.2, 0) is 4.79 Å². The van der Waals surface area contributed by atoms with Gasteiger partial charge in [-0.25, -0.2) is 4.79 Å². The average molecular weight is 314 g/mol. The van der Waals surface area contributed by atoms with Gasteiger partial charge in [0.2, 0.25) is 5.91 Å². The minimum atomic E-state index is -1.04. The second-order valence-corrected chi connectivity index (χ2v) is 5.33. The first-order valence-corrected chi connectivity index (χ1v) is 6.29. The number of carbonyl (C=O) groups is 2. The molecule has 1 saturated heterocycles. The van der Waals surface area contributed by atoms with E-state index in [0.717, 1.165) is 0 Å². The van der Waals surface area contributed by atoms with E-state index in [1.165, 1.54) is 19.2 Å². The lowest BCUT2D eigenvalue weighted by Gasteiger charge is -2.17. The first-order valence-electron chi connectivity index (χ1n) is 5.38. The van der Waals surface area contributed by atoms with Gasteiger partial charge in [-0.3, -0.25) is 4.79 Å². The molecule has 0 aliphatic carbocycles. The molecule has 1 unspecified atom stereocenters. The van der Waals surface area contributed by atoms with Gasteiger partial charge in [0.1, 0.15) is 5.75 Å². The minimum Gasteiger partial charge on any atom is -0.497 e. The summed E-state index contributed by atoms with van der Waals surface area (Å²) in [6, 6.07) is 4.57. The molecule has 1 atom stereocenters. The first kappa shape index (κ1) is 12.9.